The Labute approximate surface area is 206 Å². The molecule has 9 heteroatoms. The predicted molar refractivity (Wildman–Crippen MR) is 126 cm³/mol. The molecule has 0 amide bonds. The molecule has 0 spiro atoms. The zero-order valence-electron chi connectivity index (χ0n) is 18.2. The molecule has 0 saturated heterocycles. The third kappa shape index (κ3) is 5.40. The van der Waals surface area contributed by atoms with E-state index in [0.717, 1.165) is 11.6 Å². The molecule has 1 heterocycles. The van der Waals surface area contributed by atoms with E-state index in [2.05, 4.69) is 15.9 Å². The maximum Gasteiger partial charge on any atom is 0.416 e. The highest BCUT2D eigenvalue weighted by molar-refractivity contribution is 9.10. The van der Waals surface area contributed by atoms with Crippen LogP contribution in [0.4, 0.5) is 17.6 Å². The number of nitrogens with zero attached hydrogens (tertiary/aromatic N) is 1. The molecule has 1 aromatic heterocycles. The molecule has 0 bridgehead atoms. The summed E-state index contributed by atoms with van der Waals surface area (Å²) < 4.78 is 62.0. The van der Waals surface area contributed by atoms with Crippen LogP contribution in [0.5, 0.6) is 5.75 Å². The summed E-state index contributed by atoms with van der Waals surface area (Å²) in [5.41, 5.74) is 0.928. The van der Waals surface area contributed by atoms with Gasteiger partial charge in [-0.3, -0.25) is 0 Å². The van der Waals surface area contributed by atoms with E-state index < -0.39 is 23.3 Å². The van der Waals surface area contributed by atoms with Crippen LogP contribution in [-0.4, -0.2) is 15.6 Å². The van der Waals surface area contributed by atoms with Gasteiger partial charge < -0.3 is 14.4 Å². The van der Waals surface area contributed by atoms with Crippen LogP contribution in [0, 0.1) is 12.7 Å². The standard InChI is InChI=1S/C26H18BrF4NO3/c1-15-2-8-23(32(15)21-11-17(25(33)34)10-18(12-21)26(29,30)31)22-13-19(27)5-9-24(22)35-14-16-3-6-20(28)7-4-16/h2-13H,14H2,1H3,(H,33,34). The Kier molecular flexibility index (Phi) is 6.71. The summed E-state index contributed by atoms with van der Waals surface area (Å²) in [6.07, 6.45) is -4.72. The van der Waals surface area contributed by atoms with Crippen molar-refractivity contribution in [3.05, 3.63) is 105 Å². The average molecular weight is 548 g/mol. The molecule has 0 aliphatic heterocycles. The molecule has 0 saturated carbocycles. The lowest BCUT2D eigenvalue weighted by Gasteiger charge is -2.18. The highest BCUT2D eigenvalue weighted by atomic mass is 79.9. The summed E-state index contributed by atoms with van der Waals surface area (Å²) in [5.74, 6) is -1.38. The fourth-order valence-corrected chi connectivity index (χ4v) is 4.05. The number of aromatic nitrogens is 1. The molecule has 3 aromatic carbocycles. The highest BCUT2D eigenvalue weighted by Gasteiger charge is 2.32. The second-order valence-electron chi connectivity index (χ2n) is 7.82. The lowest BCUT2D eigenvalue weighted by Crippen LogP contribution is -2.10. The largest absolute Gasteiger partial charge is 0.488 e. The van der Waals surface area contributed by atoms with E-state index in [0.29, 0.717) is 33.2 Å². The number of benzene rings is 3. The Hall–Kier alpha value is -3.59. The molecular formula is C26H18BrF4NO3. The third-order valence-electron chi connectivity index (χ3n) is 5.35. The van der Waals surface area contributed by atoms with Gasteiger partial charge in [-0.25, -0.2) is 9.18 Å². The van der Waals surface area contributed by atoms with Crippen LogP contribution in [0.25, 0.3) is 16.9 Å². The van der Waals surface area contributed by atoms with Crippen molar-refractivity contribution in [1.29, 1.82) is 0 Å². The Morgan fingerprint density at radius 2 is 1.71 bits per heavy atom. The van der Waals surface area contributed by atoms with Crippen LogP contribution in [0.2, 0.25) is 0 Å². The normalized spacial score (nSPS) is 11.5. The number of alkyl halides is 3. The van der Waals surface area contributed by atoms with E-state index in [4.69, 9.17) is 4.74 Å². The van der Waals surface area contributed by atoms with Crippen molar-refractivity contribution in [3.63, 3.8) is 0 Å². The predicted octanol–water partition coefficient (Wildman–Crippen LogP) is 7.65. The van der Waals surface area contributed by atoms with Gasteiger partial charge in [0.1, 0.15) is 18.2 Å². The number of halogens is 5. The minimum absolute atomic E-state index is 0.0548. The van der Waals surface area contributed by atoms with E-state index in [1.165, 1.54) is 18.2 Å². The monoisotopic (exact) mass is 547 g/mol. The van der Waals surface area contributed by atoms with Gasteiger partial charge in [0.05, 0.1) is 16.8 Å². The van der Waals surface area contributed by atoms with Gasteiger partial charge in [-0.2, -0.15) is 13.2 Å². The number of hydrogen-bond donors (Lipinski definition) is 1. The van der Waals surface area contributed by atoms with E-state index >= 15 is 0 Å². The van der Waals surface area contributed by atoms with Gasteiger partial charge in [0.25, 0.3) is 0 Å². The molecular weight excluding hydrogens is 530 g/mol. The average Bonchev–Trinajstić information content (AvgIpc) is 3.19. The maximum absolute atomic E-state index is 13.5. The van der Waals surface area contributed by atoms with Crippen molar-refractivity contribution in [1.82, 2.24) is 4.57 Å². The van der Waals surface area contributed by atoms with Crippen LogP contribution in [0.15, 0.2) is 77.3 Å². The Bertz CT molecular complexity index is 1390. The minimum atomic E-state index is -4.72. The fourth-order valence-electron chi connectivity index (χ4n) is 3.69. The number of rotatable bonds is 6. The summed E-state index contributed by atoms with van der Waals surface area (Å²) in [6, 6.07) is 17.2. The van der Waals surface area contributed by atoms with Crippen molar-refractivity contribution in [2.24, 2.45) is 0 Å². The van der Waals surface area contributed by atoms with Crippen molar-refractivity contribution < 1.29 is 32.2 Å². The fraction of sp³-hybridized carbons (Fsp3) is 0.115. The zero-order chi connectivity index (χ0) is 25.3. The van der Waals surface area contributed by atoms with Gasteiger partial charge in [0, 0.05) is 21.4 Å². The molecule has 35 heavy (non-hydrogen) atoms. The van der Waals surface area contributed by atoms with Gasteiger partial charge in [-0.15, -0.1) is 0 Å². The molecule has 0 unspecified atom stereocenters. The van der Waals surface area contributed by atoms with E-state index in [9.17, 15) is 27.5 Å². The Morgan fingerprint density at radius 3 is 2.37 bits per heavy atom. The zero-order valence-corrected chi connectivity index (χ0v) is 19.8. The van der Waals surface area contributed by atoms with Crippen LogP contribution in [0.3, 0.4) is 0 Å². The summed E-state index contributed by atoms with van der Waals surface area (Å²) in [5, 5.41) is 9.40. The van der Waals surface area contributed by atoms with Gasteiger partial charge in [-0.1, -0.05) is 28.1 Å². The van der Waals surface area contributed by atoms with E-state index in [1.54, 1.807) is 54.0 Å². The van der Waals surface area contributed by atoms with Crippen molar-refractivity contribution >= 4 is 21.9 Å². The molecule has 180 valence electrons. The van der Waals surface area contributed by atoms with Crippen LogP contribution >= 0.6 is 15.9 Å². The van der Waals surface area contributed by atoms with Gasteiger partial charge >= 0.3 is 12.1 Å². The van der Waals surface area contributed by atoms with Crippen LogP contribution in [0.1, 0.15) is 27.2 Å². The lowest BCUT2D eigenvalue weighted by molar-refractivity contribution is -0.137. The lowest BCUT2D eigenvalue weighted by atomic mass is 10.1. The first kappa shape index (κ1) is 24.5. The quantitative estimate of drug-likeness (QED) is 0.252. The second kappa shape index (κ2) is 9.58. The molecule has 0 aliphatic rings. The van der Waals surface area contributed by atoms with Crippen molar-refractivity contribution in [3.8, 4) is 22.7 Å². The molecule has 4 aromatic rings. The van der Waals surface area contributed by atoms with Gasteiger partial charge in [-0.05, 0) is 73.2 Å². The van der Waals surface area contributed by atoms with E-state index in [1.807, 2.05) is 0 Å². The number of aryl methyl sites for hydroxylation is 1. The van der Waals surface area contributed by atoms with Gasteiger partial charge in [0.15, 0.2) is 0 Å². The summed E-state index contributed by atoms with van der Waals surface area (Å²) in [6.45, 7) is 1.85. The first-order valence-electron chi connectivity index (χ1n) is 10.3. The molecule has 4 nitrogen and oxygen atoms in total. The number of ether oxygens (including phenoxy) is 1. The number of carbonyl (C=O) groups is 1. The number of aromatic carboxylic acids is 1. The molecule has 0 aliphatic carbocycles. The first-order chi connectivity index (χ1) is 16.5. The third-order valence-corrected chi connectivity index (χ3v) is 5.84. The van der Waals surface area contributed by atoms with Crippen LogP contribution < -0.4 is 4.74 Å². The maximum atomic E-state index is 13.5. The van der Waals surface area contributed by atoms with Gasteiger partial charge in [0.2, 0.25) is 0 Å². The van der Waals surface area contributed by atoms with Crippen LogP contribution in [-0.2, 0) is 12.8 Å². The molecule has 4 rings (SSSR count). The summed E-state index contributed by atoms with van der Waals surface area (Å²) in [7, 11) is 0. The number of carboxylic acids is 1. The van der Waals surface area contributed by atoms with E-state index in [-0.39, 0.29) is 18.1 Å². The molecule has 0 radical (unpaired) electrons. The first-order valence-corrected chi connectivity index (χ1v) is 11.1. The molecule has 0 fully saturated rings. The smallest absolute Gasteiger partial charge is 0.416 e. The SMILES string of the molecule is Cc1ccc(-c2cc(Br)ccc2OCc2ccc(F)cc2)n1-c1cc(C(=O)O)cc(C(F)(F)F)c1. The van der Waals surface area contributed by atoms with Crippen molar-refractivity contribution in [2.45, 2.75) is 19.7 Å². The van der Waals surface area contributed by atoms with Crippen molar-refractivity contribution in [2.75, 3.05) is 0 Å². The number of hydrogen-bond acceptors (Lipinski definition) is 2. The topological polar surface area (TPSA) is 51.5 Å². The number of carboxylic acid groups (broad SMARTS) is 1. The highest BCUT2D eigenvalue weighted by Crippen LogP contribution is 2.38. The molecule has 0 atom stereocenters. The second-order valence-corrected chi connectivity index (χ2v) is 8.74. The summed E-state index contributed by atoms with van der Waals surface area (Å²) in [4.78, 5) is 11.6. The summed E-state index contributed by atoms with van der Waals surface area (Å²) >= 11 is 3.42. The Morgan fingerprint density at radius 1 is 1.00 bits per heavy atom. The minimum Gasteiger partial charge on any atom is -0.488 e. The molecule has 1 N–H and O–H groups in total. The Balaban J connectivity index is 1.82.